The van der Waals surface area contributed by atoms with Crippen molar-refractivity contribution in [2.75, 3.05) is 19.7 Å². The molecule has 1 aromatic rings. The van der Waals surface area contributed by atoms with Crippen LogP contribution in [0.3, 0.4) is 0 Å². The summed E-state index contributed by atoms with van der Waals surface area (Å²) < 4.78 is 1.83. The van der Waals surface area contributed by atoms with E-state index < -0.39 is 0 Å². The number of guanidine groups is 1. The molecule has 0 amide bonds. The molecule has 1 aromatic heterocycles. The van der Waals surface area contributed by atoms with Crippen molar-refractivity contribution < 1.29 is 5.11 Å². The van der Waals surface area contributed by atoms with Gasteiger partial charge < -0.3 is 15.7 Å². The molecule has 0 unspecified atom stereocenters. The first-order valence-electron chi connectivity index (χ1n) is 8.20. The summed E-state index contributed by atoms with van der Waals surface area (Å²) in [5.74, 6) is 0.813. The van der Waals surface area contributed by atoms with Crippen LogP contribution in [0.5, 0.6) is 0 Å². The number of aliphatic hydroxyl groups is 1. The lowest BCUT2D eigenvalue weighted by atomic mass is 9.79. The Kier molecular flexibility index (Phi) is 11.2. The third-order valence-electron chi connectivity index (χ3n) is 4.44. The van der Waals surface area contributed by atoms with Gasteiger partial charge in [0, 0.05) is 32.9 Å². The predicted molar refractivity (Wildman–Crippen MR) is 106 cm³/mol. The van der Waals surface area contributed by atoms with Crippen molar-refractivity contribution in [2.24, 2.45) is 17.5 Å². The van der Waals surface area contributed by atoms with E-state index in [1.54, 1.807) is 6.20 Å². The van der Waals surface area contributed by atoms with Crippen LogP contribution < -0.4 is 10.6 Å². The van der Waals surface area contributed by atoms with Crippen LogP contribution in [-0.2, 0) is 13.6 Å². The summed E-state index contributed by atoms with van der Waals surface area (Å²) in [5.41, 5.74) is 1.20. The van der Waals surface area contributed by atoms with Crippen LogP contribution >= 0.6 is 24.0 Å². The average molecular weight is 437 g/mol. The second-order valence-corrected chi connectivity index (χ2v) is 5.68. The molecule has 134 valence electrons. The highest BCUT2D eigenvalue weighted by atomic mass is 127. The smallest absolute Gasteiger partial charge is 0.191 e. The molecule has 23 heavy (non-hydrogen) atoms. The Hall–Kier alpha value is -0.830. The molecular weight excluding hydrogens is 405 g/mol. The van der Waals surface area contributed by atoms with E-state index in [0.29, 0.717) is 6.54 Å². The molecule has 0 spiro atoms. The Balaban J connectivity index is 0.00000484. The number of rotatable bonds is 9. The van der Waals surface area contributed by atoms with Gasteiger partial charge >= 0.3 is 0 Å². The fraction of sp³-hybridized carbons (Fsp3) is 0.750. The third kappa shape index (κ3) is 7.07. The van der Waals surface area contributed by atoms with Crippen LogP contribution in [0, 0.1) is 5.41 Å². The summed E-state index contributed by atoms with van der Waals surface area (Å²) in [7, 11) is 1.92. The van der Waals surface area contributed by atoms with Crippen LogP contribution in [0.4, 0.5) is 0 Å². The molecule has 0 bridgehead atoms. The molecule has 7 heteroatoms. The first kappa shape index (κ1) is 22.2. The lowest BCUT2D eigenvalue weighted by molar-refractivity contribution is 0.169. The number of halogens is 1. The monoisotopic (exact) mass is 437 g/mol. The number of hydrogen-bond acceptors (Lipinski definition) is 3. The minimum absolute atomic E-state index is 0. The first-order valence-corrected chi connectivity index (χ1v) is 8.20. The van der Waals surface area contributed by atoms with Gasteiger partial charge in [0.25, 0.3) is 0 Å². The molecule has 6 nitrogen and oxygen atoms in total. The minimum atomic E-state index is 0. The van der Waals surface area contributed by atoms with Gasteiger partial charge in [0.1, 0.15) is 0 Å². The number of aliphatic hydroxyl groups excluding tert-OH is 1. The van der Waals surface area contributed by atoms with Crippen LogP contribution in [0.2, 0.25) is 0 Å². The Morgan fingerprint density at radius 1 is 1.30 bits per heavy atom. The van der Waals surface area contributed by atoms with Crippen molar-refractivity contribution in [3.05, 3.63) is 18.0 Å². The zero-order valence-electron chi connectivity index (χ0n) is 14.8. The van der Waals surface area contributed by atoms with Gasteiger partial charge in [0.05, 0.1) is 12.2 Å². The lowest BCUT2D eigenvalue weighted by Gasteiger charge is -2.32. The average Bonchev–Trinajstić information content (AvgIpc) is 2.94. The number of aromatic nitrogens is 2. The highest BCUT2D eigenvalue weighted by Crippen LogP contribution is 2.29. The largest absolute Gasteiger partial charge is 0.396 e. The van der Waals surface area contributed by atoms with Gasteiger partial charge in [-0.1, -0.05) is 13.8 Å². The number of nitrogens with zero attached hydrogens (tertiary/aromatic N) is 3. The van der Waals surface area contributed by atoms with E-state index >= 15 is 0 Å². The zero-order valence-corrected chi connectivity index (χ0v) is 17.1. The molecule has 1 rings (SSSR count). The fourth-order valence-electron chi connectivity index (χ4n) is 2.51. The standard InChI is InChI=1S/C16H31N5O.HI/c1-5-16(6-2,9-11-22)13-19-15(17-7-3)18-12-14-8-10-20-21(14)4;/h8,10,22H,5-7,9,11-13H2,1-4H3,(H2,17,18,19);1H. The molecule has 0 aliphatic heterocycles. The third-order valence-corrected chi connectivity index (χ3v) is 4.44. The molecule has 0 fully saturated rings. The summed E-state index contributed by atoms with van der Waals surface area (Å²) in [6, 6.07) is 1.97. The number of hydrogen-bond donors (Lipinski definition) is 3. The summed E-state index contributed by atoms with van der Waals surface area (Å²) in [4.78, 5) is 4.62. The Labute approximate surface area is 157 Å². The maximum Gasteiger partial charge on any atom is 0.191 e. The van der Waals surface area contributed by atoms with E-state index in [-0.39, 0.29) is 36.0 Å². The highest BCUT2D eigenvalue weighted by molar-refractivity contribution is 14.0. The number of aryl methyl sites for hydroxylation is 1. The van der Waals surface area contributed by atoms with Crippen LogP contribution in [-0.4, -0.2) is 40.5 Å². The summed E-state index contributed by atoms with van der Waals surface area (Å²) in [6.07, 6.45) is 4.68. The fourth-order valence-corrected chi connectivity index (χ4v) is 2.51. The van der Waals surface area contributed by atoms with Crippen molar-refractivity contribution in [1.29, 1.82) is 0 Å². The van der Waals surface area contributed by atoms with Gasteiger partial charge in [-0.2, -0.15) is 5.10 Å². The zero-order chi connectivity index (χ0) is 16.4. The van der Waals surface area contributed by atoms with Crippen LogP contribution in [0.15, 0.2) is 17.3 Å². The van der Waals surface area contributed by atoms with Gasteiger partial charge in [-0.15, -0.1) is 24.0 Å². The molecule has 0 aliphatic rings. The quantitative estimate of drug-likeness (QED) is 0.315. The van der Waals surface area contributed by atoms with Crippen molar-refractivity contribution in [3.8, 4) is 0 Å². The first-order chi connectivity index (χ1) is 10.6. The van der Waals surface area contributed by atoms with Crippen LogP contribution in [0.25, 0.3) is 0 Å². The van der Waals surface area contributed by atoms with Gasteiger partial charge in [-0.3, -0.25) is 4.68 Å². The van der Waals surface area contributed by atoms with Gasteiger partial charge in [0.15, 0.2) is 5.96 Å². The Morgan fingerprint density at radius 2 is 2.00 bits per heavy atom. The molecule has 0 saturated carbocycles. The van der Waals surface area contributed by atoms with E-state index in [1.807, 2.05) is 17.8 Å². The molecule has 0 saturated heterocycles. The Morgan fingerprint density at radius 3 is 2.48 bits per heavy atom. The molecule has 3 N–H and O–H groups in total. The molecular formula is C16H32IN5O. The molecule has 0 atom stereocenters. The number of aliphatic imine (C=N–C) groups is 1. The van der Waals surface area contributed by atoms with E-state index in [1.165, 1.54) is 0 Å². The highest BCUT2D eigenvalue weighted by Gasteiger charge is 2.25. The molecule has 0 aliphatic carbocycles. The number of nitrogens with one attached hydrogen (secondary N) is 2. The van der Waals surface area contributed by atoms with Crippen molar-refractivity contribution in [2.45, 2.75) is 46.6 Å². The van der Waals surface area contributed by atoms with E-state index in [0.717, 1.165) is 44.0 Å². The van der Waals surface area contributed by atoms with Gasteiger partial charge in [-0.05, 0) is 37.7 Å². The maximum absolute atomic E-state index is 9.31. The topological polar surface area (TPSA) is 74.5 Å². The van der Waals surface area contributed by atoms with Crippen molar-refractivity contribution in [1.82, 2.24) is 20.4 Å². The molecule has 0 radical (unpaired) electrons. The summed E-state index contributed by atoms with van der Waals surface area (Å²) in [6.45, 7) is 8.88. The van der Waals surface area contributed by atoms with Crippen molar-refractivity contribution in [3.63, 3.8) is 0 Å². The SMILES string of the molecule is CCNC(=NCc1ccnn1C)NCC(CC)(CC)CCO.I. The van der Waals surface area contributed by atoms with E-state index in [9.17, 15) is 5.11 Å². The van der Waals surface area contributed by atoms with E-state index in [4.69, 9.17) is 0 Å². The summed E-state index contributed by atoms with van der Waals surface area (Å²) >= 11 is 0. The van der Waals surface area contributed by atoms with Gasteiger partial charge in [-0.25, -0.2) is 4.99 Å². The maximum atomic E-state index is 9.31. The van der Waals surface area contributed by atoms with Gasteiger partial charge in [0.2, 0.25) is 0 Å². The molecule has 0 aromatic carbocycles. The summed E-state index contributed by atoms with van der Waals surface area (Å²) in [5, 5.41) is 20.2. The second kappa shape index (κ2) is 11.7. The lowest BCUT2D eigenvalue weighted by Crippen LogP contribution is -2.43. The van der Waals surface area contributed by atoms with E-state index in [2.05, 4.69) is 41.5 Å². The van der Waals surface area contributed by atoms with Crippen molar-refractivity contribution >= 4 is 29.9 Å². The normalized spacial score (nSPS) is 12.0. The Bertz CT molecular complexity index is 457. The second-order valence-electron chi connectivity index (χ2n) is 5.68. The van der Waals surface area contributed by atoms with Crippen LogP contribution in [0.1, 0.15) is 45.7 Å². The molecule has 1 heterocycles. The minimum Gasteiger partial charge on any atom is -0.396 e. The predicted octanol–water partition coefficient (Wildman–Crippen LogP) is 2.28.